The largest absolute Gasteiger partial charge is 0.277 e. The number of hydrogen-bond acceptors (Lipinski definition) is 3. The van der Waals surface area contributed by atoms with Gasteiger partial charge in [-0.3, -0.25) is 18.6 Å². The summed E-state index contributed by atoms with van der Waals surface area (Å²) in [5.74, 6) is 0. The van der Waals surface area contributed by atoms with E-state index in [0.717, 1.165) is 81.7 Å². The van der Waals surface area contributed by atoms with Gasteiger partial charge in [0.2, 0.25) is 0 Å². The van der Waals surface area contributed by atoms with Gasteiger partial charge in [-0.25, -0.2) is 4.98 Å². The van der Waals surface area contributed by atoms with Gasteiger partial charge in [0, 0.05) is 63.9 Å². The van der Waals surface area contributed by atoms with Crippen LogP contribution in [0.15, 0.2) is 88.5 Å². The van der Waals surface area contributed by atoms with Crippen LogP contribution in [0.1, 0.15) is 11.1 Å². The van der Waals surface area contributed by atoms with Crippen LogP contribution in [0.4, 0.5) is 0 Å². The van der Waals surface area contributed by atoms with Crippen LogP contribution < -0.4 is 16.5 Å². The molecule has 3 aromatic heterocycles. The number of nitrogens with zero attached hydrogens (tertiary/aromatic N) is 3. The van der Waals surface area contributed by atoms with Crippen molar-refractivity contribution in [3.63, 3.8) is 0 Å². The average Bonchev–Trinajstić information content (AvgIpc) is 3.44. The molecule has 0 fully saturated rings. The Labute approximate surface area is 269 Å². The Kier molecular flexibility index (Phi) is 4.82. The highest BCUT2D eigenvalue weighted by Crippen LogP contribution is 2.50. The summed E-state index contributed by atoms with van der Waals surface area (Å²) in [5.41, 5.74) is 4.52. The molecule has 0 saturated heterocycles. The fraction of sp³-hybridized carbons (Fsp3) is 0.0513. The standard InChI is InChI=1S/C39H21Cl2N3O2/c1-17-8-4-6-10-28(17)43-19(3)22-14-18(2)30-20-12-13-21-31-23(37-42-27-9-5-7-11-29(27)44(37)38(21)45)15-25(40)34(33(20)31)35-26(41)16-24(39(43)46)32(22)36(30)35/h4-16H,3H2,1-2H3. The topological polar surface area (TPSA) is 56.4 Å². The molecule has 0 bridgehead atoms. The summed E-state index contributed by atoms with van der Waals surface area (Å²) in [7, 11) is 0. The maximum absolute atomic E-state index is 14.3. The number of aryl methyl sites for hydroxylation is 2. The number of halogens is 2. The minimum atomic E-state index is -0.179. The Bertz CT molecular complexity index is 3160. The zero-order valence-electron chi connectivity index (χ0n) is 24.6. The molecule has 0 radical (unpaired) electrons. The van der Waals surface area contributed by atoms with Crippen LogP contribution in [-0.4, -0.2) is 14.0 Å². The van der Waals surface area contributed by atoms with Crippen LogP contribution >= 0.6 is 23.2 Å². The summed E-state index contributed by atoms with van der Waals surface area (Å²) in [6.45, 7) is 8.50. The smallest absolute Gasteiger partial charge is 0.264 e. The van der Waals surface area contributed by atoms with Gasteiger partial charge in [0.1, 0.15) is 5.65 Å². The third-order valence-electron chi connectivity index (χ3n) is 9.91. The van der Waals surface area contributed by atoms with E-state index in [1.165, 1.54) is 0 Å². The lowest BCUT2D eigenvalue weighted by Gasteiger charge is -2.22. The van der Waals surface area contributed by atoms with Crippen LogP contribution in [0.3, 0.4) is 0 Å². The molecule has 10 aromatic rings. The highest BCUT2D eigenvalue weighted by molar-refractivity contribution is 6.51. The van der Waals surface area contributed by atoms with E-state index in [9.17, 15) is 9.59 Å². The summed E-state index contributed by atoms with van der Waals surface area (Å²) in [6.07, 6.45) is 0. The van der Waals surface area contributed by atoms with Crippen molar-refractivity contribution in [3.8, 4) is 5.69 Å². The van der Waals surface area contributed by atoms with Gasteiger partial charge in [-0.2, -0.15) is 0 Å². The maximum Gasteiger partial charge on any atom is 0.264 e. The van der Waals surface area contributed by atoms with Gasteiger partial charge < -0.3 is 0 Å². The van der Waals surface area contributed by atoms with Gasteiger partial charge in [-0.15, -0.1) is 0 Å². The van der Waals surface area contributed by atoms with Gasteiger partial charge in [0.15, 0.2) is 0 Å². The van der Waals surface area contributed by atoms with Crippen molar-refractivity contribution in [2.45, 2.75) is 13.8 Å². The molecule has 0 atom stereocenters. The van der Waals surface area contributed by atoms with E-state index in [0.29, 0.717) is 31.8 Å². The number of hydrogen-bond donors (Lipinski definition) is 0. The fourth-order valence-corrected chi connectivity index (χ4v) is 8.63. The molecule has 7 heteroatoms. The molecule has 46 heavy (non-hydrogen) atoms. The van der Waals surface area contributed by atoms with Crippen molar-refractivity contribution in [1.29, 1.82) is 0 Å². The summed E-state index contributed by atoms with van der Waals surface area (Å²) in [6, 6.07) is 25.2. The Morgan fingerprint density at radius 2 is 1.28 bits per heavy atom. The van der Waals surface area contributed by atoms with Crippen molar-refractivity contribution < 1.29 is 0 Å². The number of pyridine rings is 2. The third-order valence-corrected chi connectivity index (χ3v) is 10.5. The van der Waals surface area contributed by atoms with Crippen LogP contribution in [0.2, 0.25) is 10.0 Å². The monoisotopic (exact) mass is 633 g/mol. The first-order valence-electron chi connectivity index (χ1n) is 15.0. The third kappa shape index (κ3) is 2.91. The number of fused-ring (bicyclic) bond motifs is 6. The lowest BCUT2D eigenvalue weighted by molar-refractivity contribution is 0.968. The second-order valence-corrected chi connectivity index (χ2v) is 13.1. The van der Waals surface area contributed by atoms with Crippen molar-refractivity contribution in [2.75, 3.05) is 0 Å². The summed E-state index contributed by atoms with van der Waals surface area (Å²) < 4.78 is 3.37. The molecule has 0 aliphatic carbocycles. The van der Waals surface area contributed by atoms with Gasteiger partial charge in [0.25, 0.3) is 11.1 Å². The molecule has 10 rings (SSSR count). The molecule has 0 amide bonds. The van der Waals surface area contributed by atoms with E-state index in [1.807, 2.05) is 73.7 Å². The van der Waals surface area contributed by atoms with E-state index in [1.54, 1.807) is 15.0 Å². The predicted octanol–water partition coefficient (Wildman–Crippen LogP) is 8.85. The molecule has 7 aromatic carbocycles. The van der Waals surface area contributed by atoms with Crippen molar-refractivity contribution in [1.82, 2.24) is 14.0 Å². The highest BCUT2D eigenvalue weighted by Gasteiger charge is 2.27. The van der Waals surface area contributed by atoms with Gasteiger partial charge in [-0.1, -0.05) is 66.2 Å². The Morgan fingerprint density at radius 1 is 0.609 bits per heavy atom. The Morgan fingerprint density at radius 3 is 2.09 bits per heavy atom. The first-order chi connectivity index (χ1) is 22.3. The first-order valence-corrected chi connectivity index (χ1v) is 15.7. The van der Waals surface area contributed by atoms with E-state index >= 15 is 0 Å². The molecule has 0 unspecified atom stereocenters. The number of rotatable bonds is 1. The molecule has 0 spiro atoms. The molecular formula is C39H21Cl2N3O2. The quantitative estimate of drug-likeness (QED) is 0.134. The second-order valence-electron chi connectivity index (χ2n) is 12.3. The van der Waals surface area contributed by atoms with Gasteiger partial charge >= 0.3 is 0 Å². The van der Waals surface area contributed by atoms with Crippen LogP contribution in [0.25, 0.3) is 93.6 Å². The SMILES string of the molecule is C=c1c2cc(C)c3c4ccc5c(=O)n6c7ccccc7nc6c6cc(Cl)c(c7c(Cl)cc(c(=O)n1-c1ccccc1C)c2c37)c4c56. The normalized spacial score (nSPS) is 12.6. The average molecular weight is 635 g/mol. The fourth-order valence-electron chi connectivity index (χ4n) is 8.03. The summed E-state index contributed by atoms with van der Waals surface area (Å²) in [4.78, 5) is 33.4. The van der Waals surface area contributed by atoms with Crippen molar-refractivity contribution in [3.05, 3.63) is 126 Å². The minimum absolute atomic E-state index is 0.131. The molecule has 5 nitrogen and oxygen atoms in total. The Balaban J connectivity index is 1.49. The van der Waals surface area contributed by atoms with E-state index in [-0.39, 0.29) is 11.1 Å². The molecular weight excluding hydrogens is 613 g/mol. The van der Waals surface area contributed by atoms with Crippen LogP contribution in [0, 0.1) is 13.8 Å². The summed E-state index contributed by atoms with van der Waals surface area (Å²) in [5, 5.41) is 11.1. The van der Waals surface area contributed by atoms with Gasteiger partial charge in [0.05, 0.1) is 22.1 Å². The second kappa shape index (κ2) is 8.52. The number of imidazole rings is 1. The molecule has 0 saturated carbocycles. The highest BCUT2D eigenvalue weighted by atomic mass is 35.5. The minimum Gasteiger partial charge on any atom is -0.277 e. The lowest BCUT2D eigenvalue weighted by Crippen LogP contribution is -2.32. The summed E-state index contributed by atoms with van der Waals surface area (Å²) >= 11 is 14.5. The number of para-hydroxylation sites is 3. The van der Waals surface area contributed by atoms with E-state index < -0.39 is 0 Å². The van der Waals surface area contributed by atoms with Crippen LogP contribution in [-0.2, 0) is 0 Å². The molecule has 0 N–H and O–H groups in total. The van der Waals surface area contributed by atoms with E-state index in [2.05, 4.69) is 19.6 Å². The Hall–Kier alpha value is -5.23. The zero-order chi connectivity index (χ0) is 31.3. The van der Waals surface area contributed by atoms with Gasteiger partial charge in [-0.05, 0) is 78.2 Å². The lowest BCUT2D eigenvalue weighted by atomic mass is 9.84. The molecule has 0 aliphatic heterocycles. The molecule has 0 aliphatic rings. The molecule has 218 valence electrons. The van der Waals surface area contributed by atoms with E-state index in [4.69, 9.17) is 28.2 Å². The maximum atomic E-state index is 14.3. The number of aromatic nitrogens is 3. The molecule has 3 heterocycles. The number of benzene rings is 7. The van der Waals surface area contributed by atoms with Crippen molar-refractivity contribution >= 4 is 111 Å². The van der Waals surface area contributed by atoms with Crippen molar-refractivity contribution in [2.24, 2.45) is 0 Å². The van der Waals surface area contributed by atoms with Crippen LogP contribution in [0.5, 0.6) is 0 Å². The zero-order valence-corrected chi connectivity index (χ0v) is 26.1. The first kappa shape index (κ1) is 26.0. The predicted molar refractivity (Wildman–Crippen MR) is 192 cm³/mol.